The number of imidazole rings is 1. The average Bonchev–Trinajstić information content (AvgIpc) is 2.97. The second-order valence-corrected chi connectivity index (χ2v) is 7.85. The second kappa shape index (κ2) is 7.56. The highest BCUT2D eigenvalue weighted by Gasteiger charge is 2.29. The van der Waals surface area contributed by atoms with Crippen LogP contribution in [-0.4, -0.2) is 24.7 Å². The number of alkyl halides is 3. The van der Waals surface area contributed by atoms with Crippen LogP contribution in [0.2, 0.25) is 0 Å². The van der Waals surface area contributed by atoms with Gasteiger partial charge in [0.05, 0.1) is 23.9 Å². The molecule has 0 saturated heterocycles. The van der Waals surface area contributed by atoms with Crippen molar-refractivity contribution < 1.29 is 18.3 Å². The Morgan fingerprint density at radius 1 is 1.10 bits per heavy atom. The van der Waals surface area contributed by atoms with Gasteiger partial charge in [0.15, 0.2) is 0 Å². The van der Waals surface area contributed by atoms with Gasteiger partial charge in [-0.1, -0.05) is 18.2 Å². The van der Waals surface area contributed by atoms with E-state index in [9.17, 15) is 23.1 Å². The fourth-order valence-corrected chi connectivity index (χ4v) is 3.85. The number of thioether (sulfide) groups is 1. The molecule has 2 aromatic carbocycles. The van der Waals surface area contributed by atoms with Crippen LogP contribution in [0.25, 0.3) is 16.6 Å². The Balaban J connectivity index is 1.70. The minimum Gasteiger partial charge on any atom is -0.493 e. The Bertz CT molecular complexity index is 1280. The van der Waals surface area contributed by atoms with Crippen LogP contribution in [-0.2, 0) is 6.54 Å². The lowest BCUT2D eigenvalue weighted by molar-refractivity contribution is -0.0328. The number of hydrogen-bond acceptors (Lipinski definition) is 4. The zero-order chi connectivity index (χ0) is 21.5. The first-order valence-corrected chi connectivity index (χ1v) is 9.75. The summed E-state index contributed by atoms with van der Waals surface area (Å²) in [6, 6.07) is 12.8. The number of para-hydroxylation sites is 1. The number of pyridine rings is 1. The van der Waals surface area contributed by atoms with Crippen LogP contribution in [0.5, 0.6) is 5.88 Å². The number of fused-ring (bicyclic) bond motifs is 1. The van der Waals surface area contributed by atoms with Crippen LogP contribution in [0.1, 0.15) is 11.1 Å². The molecule has 0 fully saturated rings. The predicted molar refractivity (Wildman–Crippen MR) is 109 cm³/mol. The van der Waals surface area contributed by atoms with Crippen molar-refractivity contribution in [1.82, 2.24) is 14.1 Å². The fraction of sp³-hybridized carbons (Fsp3) is 0.143. The van der Waals surface area contributed by atoms with Crippen molar-refractivity contribution >= 4 is 22.7 Å². The van der Waals surface area contributed by atoms with Gasteiger partial charge in [0.25, 0.3) is 0 Å². The molecule has 2 aromatic heterocycles. The Labute approximate surface area is 173 Å². The summed E-state index contributed by atoms with van der Waals surface area (Å²) in [5, 5.41) is 11.2. The lowest BCUT2D eigenvalue weighted by atomic mass is 10.0. The lowest BCUT2D eigenvalue weighted by Crippen LogP contribution is -2.23. The quantitative estimate of drug-likeness (QED) is 0.469. The van der Waals surface area contributed by atoms with E-state index in [1.165, 1.54) is 35.0 Å². The van der Waals surface area contributed by atoms with E-state index in [1.807, 2.05) is 31.2 Å². The number of benzene rings is 2. The highest BCUT2D eigenvalue weighted by molar-refractivity contribution is 8.00. The number of aryl methyl sites for hydroxylation is 1. The maximum Gasteiger partial charge on any atom is 0.446 e. The Kier molecular flexibility index (Phi) is 5.07. The Morgan fingerprint density at radius 2 is 1.80 bits per heavy atom. The largest absolute Gasteiger partial charge is 0.493 e. The Hall–Kier alpha value is -3.20. The molecule has 0 aliphatic rings. The number of aromatic nitrogens is 3. The molecule has 0 bridgehead atoms. The fourth-order valence-electron chi connectivity index (χ4n) is 3.31. The van der Waals surface area contributed by atoms with Gasteiger partial charge in [-0.15, -0.1) is 0 Å². The molecule has 0 radical (unpaired) electrons. The van der Waals surface area contributed by atoms with Crippen molar-refractivity contribution in [3.05, 3.63) is 82.5 Å². The number of rotatable bonds is 4. The molecule has 4 rings (SSSR count). The van der Waals surface area contributed by atoms with Crippen LogP contribution in [0.15, 0.2) is 70.6 Å². The molecule has 4 aromatic rings. The average molecular weight is 431 g/mol. The molecular weight excluding hydrogens is 415 g/mol. The normalized spacial score (nSPS) is 11.9. The third-order valence-electron chi connectivity index (χ3n) is 4.70. The van der Waals surface area contributed by atoms with Gasteiger partial charge in [0, 0.05) is 16.5 Å². The molecule has 0 aliphatic heterocycles. The first-order chi connectivity index (χ1) is 14.2. The number of hydrogen-bond donors (Lipinski definition) is 1. The van der Waals surface area contributed by atoms with Gasteiger partial charge >= 0.3 is 11.2 Å². The van der Waals surface area contributed by atoms with Gasteiger partial charge in [-0.25, -0.2) is 9.36 Å². The van der Waals surface area contributed by atoms with E-state index in [0.717, 1.165) is 26.6 Å². The summed E-state index contributed by atoms with van der Waals surface area (Å²) >= 11 is -0.238. The maximum atomic E-state index is 12.9. The minimum absolute atomic E-state index is 0.00268. The summed E-state index contributed by atoms with van der Waals surface area (Å²) in [7, 11) is 0. The predicted octanol–water partition coefficient (Wildman–Crippen LogP) is 4.86. The molecular formula is C21H16F3N3O2S. The molecule has 0 saturated carbocycles. The van der Waals surface area contributed by atoms with E-state index < -0.39 is 11.2 Å². The van der Waals surface area contributed by atoms with Gasteiger partial charge < -0.3 is 5.11 Å². The first-order valence-electron chi connectivity index (χ1n) is 8.93. The molecule has 1 N–H and O–H groups in total. The standard InChI is InChI=1S/C21H16F3N3O2S/c1-13-10-25-18-5-3-2-4-16(18)17(13)11-26-12-19(28)27(20(26)29)14-6-8-15(9-7-14)30-21(22,23)24/h2-10,12,28H,11H2,1H3. The number of halogens is 3. The van der Waals surface area contributed by atoms with E-state index in [-0.39, 0.29) is 34.8 Å². The van der Waals surface area contributed by atoms with Crippen LogP contribution in [0, 0.1) is 6.92 Å². The summed E-state index contributed by atoms with van der Waals surface area (Å²) in [5.41, 5.74) is -2.01. The monoisotopic (exact) mass is 431 g/mol. The summed E-state index contributed by atoms with van der Waals surface area (Å²) in [6.07, 6.45) is 3.05. The van der Waals surface area contributed by atoms with Crippen molar-refractivity contribution in [1.29, 1.82) is 0 Å². The van der Waals surface area contributed by atoms with E-state index in [2.05, 4.69) is 4.98 Å². The summed E-state index contributed by atoms with van der Waals surface area (Å²) in [6.45, 7) is 2.12. The van der Waals surface area contributed by atoms with Crippen molar-refractivity contribution in [2.75, 3.05) is 0 Å². The van der Waals surface area contributed by atoms with Crippen LogP contribution in [0.3, 0.4) is 0 Å². The molecule has 9 heteroatoms. The summed E-state index contributed by atoms with van der Waals surface area (Å²) < 4.78 is 39.9. The van der Waals surface area contributed by atoms with Crippen LogP contribution >= 0.6 is 11.8 Å². The van der Waals surface area contributed by atoms with Gasteiger partial charge in [-0.05, 0) is 60.1 Å². The highest BCUT2D eigenvalue weighted by atomic mass is 32.2. The minimum atomic E-state index is -4.39. The third-order valence-corrected chi connectivity index (χ3v) is 5.44. The number of nitrogens with zero attached hydrogens (tertiary/aromatic N) is 3. The molecule has 30 heavy (non-hydrogen) atoms. The zero-order valence-electron chi connectivity index (χ0n) is 15.7. The van der Waals surface area contributed by atoms with Crippen molar-refractivity contribution in [2.24, 2.45) is 0 Å². The molecule has 0 amide bonds. The van der Waals surface area contributed by atoms with Crippen LogP contribution < -0.4 is 5.69 Å². The molecule has 5 nitrogen and oxygen atoms in total. The topological polar surface area (TPSA) is 60.0 Å². The van der Waals surface area contributed by atoms with Gasteiger partial charge in [-0.3, -0.25) is 9.55 Å². The number of aromatic hydroxyl groups is 1. The van der Waals surface area contributed by atoms with E-state index in [0.29, 0.717) is 0 Å². The highest BCUT2D eigenvalue weighted by Crippen LogP contribution is 2.37. The summed E-state index contributed by atoms with van der Waals surface area (Å²) in [4.78, 5) is 17.3. The molecule has 154 valence electrons. The van der Waals surface area contributed by atoms with E-state index in [1.54, 1.807) is 6.20 Å². The zero-order valence-corrected chi connectivity index (χ0v) is 16.5. The molecule has 0 spiro atoms. The van der Waals surface area contributed by atoms with Gasteiger partial charge in [0.2, 0.25) is 5.88 Å². The van der Waals surface area contributed by atoms with Crippen LogP contribution in [0.4, 0.5) is 13.2 Å². The molecule has 0 atom stereocenters. The molecule has 0 unspecified atom stereocenters. The van der Waals surface area contributed by atoms with E-state index in [4.69, 9.17) is 0 Å². The molecule has 2 heterocycles. The summed E-state index contributed by atoms with van der Waals surface area (Å²) in [5.74, 6) is -0.299. The van der Waals surface area contributed by atoms with E-state index >= 15 is 0 Å². The lowest BCUT2D eigenvalue weighted by Gasteiger charge is -2.10. The Morgan fingerprint density at radius 3 is 2.50 bits per heavy atom. The SMILES string of the molecule is Cc1cnc2ccccc2c1Cn1cc(O)n(-c2ccc(SC(F)(F)F)cc2)c1=O. The molecule has 0 aliphatic carbocycles. The van der Waals surface area contributed by atoms with Crippen molar-refractivity contribution in [3.63, 3.8) is 0 Å². The van der Waals surface area contributed by atoms with Crippen molar-refractivity contribution in [2.45, 2.75) is 23.9 Å². The smallest absolute Gasteiger partial charge is 0.446 e. The maximum absolute atomic E-state index is 12.9. The first kappa shape index (κ1) is 20.1. The van der Waals surface area contributed by atoms with Crippen molar-refractivity contribution in [3.8, 4) is 11.6 Å². The second-order valence-electron chi connectivity index (χ2n) is 6.71. The third kappa shape index (κ3) is 3.93. The van der Waals surface area contributed by atoms with Gasteiger partial charge in [0.1, 0.15) is 0 Å². The van der Waals surface area contributed by atoms with Gasteiger partial charge in [-0.2, -0.15) is 13.2 Å².